The minimum Gasteiger partial charge on any atom is -0.497 e. The quantitative estimate of drug-likeness (QED) is 0.474. The summed E-state index contributed by atoms with van der Waals surface area (Å²) >= 11 is 1.54. The van der Waals surface area contributed by atoms with Crippen LogP contribution in [0.1, 0.15) is 29.2 Å². The molecule has 1 heterocycles. The number of ether oxygens (including phenoxy) is 1. The Morgan fingerprint density at radius 2 is 1.73 bits per heavy atom. The molecule has 0 bridgehead atoms. The third kappa shape index (κ3) is 3.94. The van der Waals surface area contributed by atoms with E-state index in [0.29, 0.717) is 0 Å². The van der Waals surface area contributed by atoms with Crippen molar-refractivity contribution in [3.8, 4) is 17.0 Å². The number of benzene rings is 2. The predicted molar refractivity (Wildman–Crippen MR) is 111 cm³/mol. The van der Waals surface area contributed by atoms with Crippen molar-refractivity contribution in [3.63, 3.8) is 0 Å². The Kier molecular flexibility index (Phi) is 5.38. The molecule has 0 aliphatic carbocycles. The number of nitrogens with zero attached hydrogens (tertiary/aromatic N) is 2. The molecule has 0 spiro atoms. The number of aromatic nitrogens is 1. The second-order valence-corrected chi connectivity index (χ2v) is 7.21. The standard InChI is InChI=1S/C21H23N3OS/c1-13-10-14(2)20(15(3)11-13)16(4)23-24-21-22-19(12-26-21)17-6-8-18(25-5)9-7-17/h6-12H,1-5H3,(H,22,24)/b23-16-. The van der Waals surface area contributed by atoms with Crippen LogP contribution in [0, 0.1) is 20.8 Å². The van der Waals surface area contributed by atoms with Gasteiger partial charge in [0.25, 0.3) is 0 Å². The second-order valence-electron chi connectivity index (χ2n) is 6.35. The van der Waals surface area contributed by atoms with E-state index in [0.717, 1.165) is 27.9 Å². The van der Waals surface area contributed by atoms with Crippen LogP contribution < -0.4 is 10.2 Å². The molecule has 0 fully saturated rings. The van der Waals surface area contributed by atoms with E-state index in [2.05, 4.69) is 48.4 Å². The van der Waals surface area contributed by atoms with Gasteiger partial charge in [-0.1, -0.05) is 17.7 Å². The van der Waals surface area contributed by atoms with E-state index in [1.807, 2.05) is 36.6 Å². The molecule has 1 aromatic heterocycles. The normalized spacial score (nSPS) is 11.5. The number of hydrogen-bond donors (Lipinski definition) is 1. The molecule has 5 heteroatoms. The minimum atomic E-state index is 0.776. The maximum atomic E-state index is 5.20. The lowest BCUT2D eigenvalue weighted by Crippen LogP contribution is -2.05. The molecule has 3 rings (SSSR count). The monoisotopic (exact) mass is 365 g/mol. The lowest BCUT2D eigenvalue weighted by atomic mass is 9.97. The van der Waals surface area contributed by atoms with Crippen molar-refractivity contribution >= 4 is 22.2 Å². The number of anilines is 1. The number of methoxy groups -OCH3 is 1. The van der Waals surface area contributed by atoms with Crippen molar-refractivity contribution < 1.29 is 4.74 Å². The Balaban J connectivity index is 1.77. The largest absolute Gasteiger partial charge is 0.497 e. The molecule has 3 aromatic rings. The van der Waals surface area contributed by atoms with Crippen LogP contribution in [-0.4, -0.2) is 17.8 Å². The summed E-state index contributed by atoms with van der Waals surface area (Å²) < 4.78 is 5.20. The SMILES string of the molecule is COc1ccc(-c2csc(N/N=C(/C)c3c(C)cc(C)cc3C)n2)cc1. The van der Waals surface area contributed by atoms with Crippen molar-refractivity contribution in [3.05, 3.63) is 64.0 Å². The van der Waals surface area contributed by atoms with Crippen LogP contribution in [0.5, 0.6) is 5.75 Å². The van der Waals surface area contributed by atoms with Crippen LogP contribution in [0.2, 0.25) is 0 Å². The van der Waals surface area contributed by atoms with Gasteiger partial charge in [0, 0.05) is 16.5 Å². The van der Waals surface area contributed by atoms with Gasteiger partial charge in [-0.15, -0.1) is 11.3 Å². The molecule has 0 atom stereocenters. The first-order valence-corrected chi connectivity index (χ1v) is 9.34. The molecule has 0 saturated carbocycles. The van der Waals surface area contributed by atoms with Gasteiger partial charge >= 0.3 is 0 Å². The summed E-state index contributed by atoms with van der Waals surface area (Å²) in [5.74, 6) is 0.839. The summed E-state index contributed by atoms with van der Waals surface area (Å²) in [4.78, 5) is 4.62. The maximum absolute atomic E-state index is 5.20. The summed E-state index contributed by atoms with van der Waals surface area (Å²) in [6, 6.07) is 12.3. The van der Waals surface area contributed by atoms with E-state index in [4.69, 9.17) is 4.74 Å². The molecule has 0 amide bonds. The smallest absolute Gasteiger partial charge is 0.203 e. The summed E-state index contributed by atoms with van der Waals surface area (Å²) in [7, 11) is 1.66. The Morgan fingerprint density at radius 3 is 2.35 bits per heavy atom. The van der Waals surface area contributed by atoms with E-state index in [-0.39, 0.29) is 0 Å². The van der Waals surface area contributed by atoms with Crippen LogP contribution >= 0.6 is 11.3 Å². The summed E-state index contributed by atoms with van der Waals surface area (Å²) in [6.07, 6.45) is 0. The minimum absolute atomic E-state index is 0.776. The van der Waals surface area contributed by atoms with Gasteiger partial charge < -0.3 is 4.74 Å². The van der Waals surface area contributed by atoms with Gasteiger partial charge in [-0.3, -0.25) is 5.43 Å². The highest BCUT2D eigenvalue weighted by molar-refractivity contribution is 7.14. The number of thiazole rings is 1. The van der Waals surface area contributed by atoms with Gasteiger partial charge in [0.1, 0.15) is 5.75 Å². The van der Waals surface area contributed by atoms with E-state index < -0.39 is 0 Å². The number of nitrogens with one attached hydrogen (secondary N) is 1. The van der Waals surface area contributed by atoms with Crippen LogP contribution in [0.15, 0.2) is 46.9 Å². The fourth-order valence-electron chi connectivity index (χ4n) is 3.16. The average molecular weight is 366 g/mol. The van der Waals surface area contributed by atoms with Crippen LogP contribution in [0.4, 0.5) is 5.13 Å². The fourth-order valence-corrected chi connectivity index (χ4v) is 3.82. The first-order chi connectivity index (χ1) is 12.5. The van der Waals surface area contributed by atoms with Gasteiger partial charge in [0.15, 0.2) is 0 Å². The maximum Gasteiger partial charge on any atom is 0.203 e. The van der Waals surface area contributed by atoms with Gasteiger partial charge in [-0.25, -0.2) is 4.98 Å². The molecule has 2 aromatic carbocycles. The number of rotatable bonds is 5. The van der Waals surface area contributed by atoms with Crippen molar-refractivity contribution in [1.82, 2.24) is 4.98 Å². The first-order valence-electron chi connectivity index (χ1n) is 8.46. The molecular formula is C21H23N3OS. The van der Waals surface area contributed by atoms with E-state index in [1.54, 1.807) is 18.4 Å². The Bertz CT molecular complexity index is 919. The van der Waals surface area contributed by atoms with E-state index in [9.17, 15) is 0 Å². The zero-order valence-electron chi connectivity index (χ0n) is 15.8. The third-order valence-corrected chi connectivity index (χ3v) is 4.99. The van der Waals surface area contributed by atoms with Gasteiger partial charge in [0.05, 0.1) is 18.5 Å². The van der Waals surface area contributed by atoms with Gasteiger partial charge in [0.2, 0.25) is 5.13 Å². The van der Waals surface area contributed by atoms with Crippen LogP contribution in [-0.2, 0) is 0 Å². The number of aryl methyl sites for hydroxylation is 3. The lowest BCUT2D eigenvalue weighted by Gasteiger charge is -2.11. The second kappa shape index (κ2) is 7.70. The number of hydrogen-bond acceptors (Lipinski definition) is 5. The zero-order valence-corrected chi connectivity index (χ0v) is 16.6. The highest BCUT2D eigenvalue weighted by Gasteiger charge is 2.08. The molecular weight excluding hydrogens is 342 g/mol. The van der Waals surface area contributed by atoms with E-state index in [1.165, 1.54) is 22.3 Å². The lowest BCUT2D eigenvalue weighted by molar-refractivity contribution is 0.415. The summed E-state index contributed by atoms with van der Waals surface area (Å²) in [5.41, 5.74) is 11.0. The van der Waals surface area contributed by atoms with Crippen LogP contribution in [0.3, 0.4) is 0 Å². The molecule has 0 aliphatic heterocycles. The highest BCUT2D eigenvalue weighted by atomic mass is 32.1. The van der Waals surface area contributed by atoms with Gasteiger partial charge in [-0.05, 0) is 63.1 Å². The van der Waals surface area contributed by atoms with Crippen molar-refractivity contribution in [2.45, 2.75) is 27.7 Å². The fraction of sp³-hybridized carbons (Fsp3) is 0.238. The highest BCUT2D eigenvalue weighted by Crippen LogP contribution is 2.26. The molecule has 1 N–H and O–H groups in total. The molecule has 0 aliphatic rings. The first kappa shape index (κ1) is 18.1. The van der Waals surface area contributed by atoms with Crippen molar-refractivity contribution in [2.24, 2.45) is 5.10 Å². The number of hydrazone groups is 1. The average Bonchev–Trinajstić information content (AvgIpc) is 3.08. The third-order valence-electron chi connectivity index (χ3n) is 4.25. The molecule has 4 nitrogen and oxygen atoms in total. The predicted octanol–water partition coefficient (Wildman–Crippen LogP) is 5.58. The zero-order chi connectivity index (χ0) is 18.7. The van der Waals surface area contributed by atoms with E-state index >= 15 is 0 Å². The van der Waals surface area contributed by atoms with Crippen LogP contribution in [0.25, 0.3) is 11.3 Å². The summed E-state index contributed by atoms with van der Waals surface area (Å²) in [5, 5.41) is 7.35. The summed E-state index contributed by atoms with van der Waals surface area (Å²) in [6.45, 7) is 8.39. The molecule has 26 heavy (non-hydrogen) atoms. The van der Waals surface area contributed by atoms with Gasteiger partial charge in [-0.2, -0.15) is 5.10 Å². The molecule has 134 valence electrons. The Morgan fingerprint density at radius 1 is 1.08 bits per heavy atom. The Hall–Kier alpha value is -2.66. The Labute approximate surface area is 158 Å². The molecule has 0 saturated heterocycles. The van der Waals surface area contributed by atoms with Crippen molar-refractivity contribution in [2.75, 3.05) is 12.5 Å². The molecule has 0 unspecified atom stereocenters. The van der Waals surface area contributed by atoms with Crippen molar-refractivity contribution in [1.29, 1.82) is 0 Å². The molecule has 0 radical (unpaired) electrons. The topological polar surface area (TPSA) is 46.5 Å².